The van der Waals surface area contributed by atoms with Crippen molar-refractivity contribution < 1.29 is 22.4 Å². The van der Waals surface area contributed by atoms with Crippen LogP contribution >= 0.6 is 0 Å². The molecule has 0 radical (unpaired) electrons. The van der Waals surface area contributed by atoms with Crippen molar-refractivity contribution in [2.45, 2.75) is 43.4 Å². The number of aromatic nitrogens is 2. The number of nitrogens with one attached hydrogen (secondary N) is 1. The number of anilines is 1. The first-order valence-electron chi connectivity index (χ1n) is 12.1. The molecule has 192 valence electrons. The third kappa shape index (κ3) is 3.64. The highest BCUT2D eigenvalue weighted by molar-refractivity contribution is 5.98. The topological polar surface area (TPSA) is 67.2 Å². The number of carbonyl (C=O) groups is 1. The Morgan fingerprint density at radius 1 is 1.19 bits per heavy atom. The monoisotopic (exact) mass is 512 g/mol. The molecule has 0 aliphatic heterocycles. The Hall–Kier alpha value is -3.69. The van der Waals surface area contributed by atoms with Gasteiger partial charge in [-0.2, -0.15) is 0 Å². The number of hydrogen-bond acceptors (Lipinski definition) is 4. The van der Waals surface area contributed by atoms with Gasteiger partial charge in [0.25, 0.3) is 5.91 Å². The van der Waals surface area contributed by atoms with Gasteiger partial charge in [0.1, 0.15) is 34.4 Å². The van der Waals surface area contributed by atoms with Crippen molar-refractivity contribution >= 4 is 22.8 Å². The molecular weight excluding hydrogens is 488 g/mol. The van der Waals surface area contributed by atoms with Gasteiger partial charge in [0.05, 0.1) is 11.1 Å². The molecule has 2 heterocycles. The van der Waals surface area contributed by atoms with Crippen LogP contribution in [0, 0.1) is 17.6 Å². The number of alkyl halides is 2. The molecule has 3 atom stereocenters. The molecule has 3 unspecified atom stereocenters. The van der Waals surface area contributed by atoms with E-state index in [2.05, 4.69) is 10.3 Å². The van der Waals surface area contributed by atoms with Gasteiger partial charge in [-0.3, -0.25) is 14.2 Å². The Balaban J connectivity index is 1.48. The summed E-state index contributed by atoms with van der Waals surface area (Å²) < 4.78 is 60.3. The Labute approximate surface area is 209 Å². The molecule has 2 aromatic heterocycles. The fraction of sp³-hybridized carbons (Fsp3) is 0.370. The average molecular weight is 513 g/mol. The average Bonchev–Trinajstić information content (AvgIpc) is 3.25. The summed E-state index contributed by atoms with van der Waals surface area (Å²) in [4.78, 5) is 33.0. The summed E-state index contributed by atoms with van der Waals surface area (Å²) in [6.07, 6.45) is 1.57. The molecule has 0 spiro atoms. The Kier molecular flexibility index (Phi) is 5.06. The zero-order chi connectivity index (χ0) is 26.3. The summed E-state index contributed by atoms with van der Waals surface area (Å²) in [6.45, 7) is 0. The molecule has 2 bridgehead atoms. The first kappa shape index (κ1) is 23.7. The van der Waals surface area contributed by atoms with Gasteiger partial charge < -0.3 is 10.2 Å². The van der Waals surface area contributed by atoms with Gasteiger partial charge in [0.15, 0.2) is 5.65 Å². The van der Waals surface area contributed by atoms with Crippen LogP contribution in [0.5, 0.6) is 0 Å². The van der Waals surface area contributed by atoms with Crippen LogP contribution in [0.3, 0.4) is 0 Å². The molecule has 3 aliphatic rings. The molecule has 1 amide bonds. The molecule has 3 aliphatic carbocycles. The Bertz CT molecular complexity index is 1580. The number of rotatable bonds is 4. The van der Waals surface area contributed by atoms with Crippen molar-refractivity contribution in [1.82, 2.24) is 14.9 Å². The maximum Gasteiger partial charge on any atom is 0.260 e. The van der Waals surface area contributed by atoms with E-state index >= 15 is 8.78 Å². The first-order valence-corrected chi connectivity index (χ1v) is 12.1. The van der Waals surface area contributed by atoms with Crippen molar-refractivity contribution in [1.29, 1.82) is 0 Å². The molecule has 3 aromatic rings. The fourth-order valence-corrected chi connectivity index (χ4v) is 6.20. The van der Waals surface area contributed by atoms with E-state index in [1.165, 1.54) is 16.7 Å². The second kappa shape index (κ2) is 7.90. The molecule has 6 nitrogen and oxygen atoms in total. The summed E-state index contributed by atoms with van der Waals surface area (Å²) in [5, 5.41) is 2.73. The molecule has 6 rings (SSSR count). The number of pyridine rings is 2. The number of fused-ring (bicyclic) bond motifs is 2. The van der Waals surface area contributed by atoms with E-state index in [9.17, 15) is 18.4 Å². The maximum absolute atomic E-state index is 15.3. The summed E-state index contributed by atoms with van der Waals surface area (Å²) in [5.41, 5.74) is -3.31. The van der Waals surface area contributed by atoms with E-state index in [-0.39, 0.29) is 48.0 Å². The lowest BCUT2D eigenvalue weighted by Gasteiger charge is -2.29. The van der Waals surface area contributed by atoms with E-state index < -0.39 is 40.2 Å². The third-order valence-electron chi connectivity index (χ3n) is 7.89. The third-order valence-corrected chi connectivity index (χ3v) is 7.89. The lowest BCUT2D eigenvalue weighted by molar-refractivity contribution is 0.0940. The Morgan fingerprint density at radius 2 is 1.97 bits per heavy atom. The van der Waals surface area contributed by atoms with Gasteiger partial charge in [0.2, 0.25) is 5.43 Å². The van der Waals surface area contributed by atoms with Crippen LogP contribution in [0.15, 0.2) is 52.6 Å². The quantitative estimate of drug-likeness (QED) is 0.513. The largest absolute Gasteiger partial charge is 0.363 e. The number of amides is 1. The molecule has 10 heteroatoms. The number of carbonyl (C=O) groups excluding carboxylic acids is 1. The maximum atomic E-state index is 15.3. The van der Waals surface area contributed by atoms with Crippen LogP contribution in [0.25, 0.3) is 16.7 Å². The second-order valence-electron chi connectivity index (χ2n) is 10.5. The lowest BCUT2D eigenvalue weighted by Crippen LogP contribution is -2.35. The van der Waals surface area contributed by atoms with Gasteiger partial charge >= 0.3 is 0 Å². The number of nitrogens with zero attached hydrogens (tertiary/aromatic N) is 3. The summed E-state index contributed by atoms with van der Waals surface area (Å²) in [7, 11) is 3.49. The number of allylic oxidation sites excluding steroid dienone is 2. The van der Waals surface area contributed by atoms with Gasteiger partial charge in [-0.1, -0.05) is 0 Å². The number of halogens is 4. The molecular formula is C27H24F4N4O2. The van der Waals surface area contributed by atoms with Crippen molar-refractivity contribution in [3.63, 3.8) is 0 Å². The standard InChI is InChI=1S/C27H24F4N4O2/c1-34(2)22-6-4-16-23(36)17(12-35(24(16)33-22)21-5-3-14(28)9-19(21)29)25(37)32-20-11-26(30)10-18-15(20)7-8-27(18,31)13-26/h3-6,9,12,18H,7-8,10-11,13H2,1-2H3,(H,32,37). The van der Waals surface area contributed by atoms with Crippen molar-refractivity contribution in [3.8, 4) is 5.69 Å². The lowest BCUT2D eigenvalue weighted by atomic mass is 9.84. The minimum absolute atomic E-state index is 0.0499. The van der Waals surface area contributed by atoms with Crippen LogP contribution in [-0.2, 0) is 0 Å². The van der Waals surface area contributed by atoms with Gasteiger partial charge in [0, 0.05) is 50.8 Å². The van der Waals surface area contributed by atoms with Crippen molar-refractivity contribution in [2.75, 3.05) is 19.0 Å². The molecule has 1 N–H and O–H groups in total. The first-order chi connectivity index (χ1) is 17.5. The summed E-state index contributed by atoms with van der Waals surface area (Å²) >= 11 is 0. The van der Waals surface area contributed by atoms with Gasteiger partial charge in [-0.15, -0.1) is 0 Å². The van der Waals surface area contributed by atoms with Gasteiger partial charge in [-0.25, -0.2) is 22.5 Å². The highest BCUT2D eigenvalue weighted by Crippen LogP contribution is 2.62. The molecule has 2 saturated carbocycles. The predicted molar refractivity (Wildman–Crippen MR) is 130 cm³/mol. The van der Waals surface area contributed by atoms with Crippen LogP contribution < -0.4 is 15.6 Å². The zero-order valence-electron chi connectivity index (χ0n) is 20.2. The van der Waals surface area contributed by atoms with E-state index in [1.807, 2.05) is 0 Å². The van der Waals surface area contributed by atoms with E-state index in [0.29, 0.717) is 29.6 Å². The highest BCUT2D eigenvalue weighted by atomic mass is 19.2. The van der Waals surface area contributed by atoms with Gasteiger partial charge in [-0.05, 0) is 49.1 Å². The normalized spacial score (nSPS) is 26.2. The zero-order valence-corrected chi connectivity index (χ0v) is 20.2. The number of hydrogen-bond donors (Lipinski definition) is 1. The van der Waals surface area contributed by atoms with Crippen LogP contribution in [0.4, 0.5) is 23.4 Å². The highest BCUT2D eigenvalue weighted by Gasteiger charge is 2.63. The minimum Gasteiger partial charge on any atom is -0.363 e. The smallest absolute Gasteiger partial charge is 0.260 e. The number of benzene rings is 1. The van der Waals surface area contributed by atoms with E-state index in [0.717, 1.165) is 12.3 Å². The summed E-state index contributed by atoms with van der Waals surface area (Å²) in [5.74, 6) is -2.59. The SMILES string of the molecule is CN(C)c1ccc2c(=O)c(C(=O)NC3=C4CCC5(F)CC(F)(C3)CC45)cn(-c3ccc(F)cc3F)c2n1. The fourth-order valence-electron chi connectivity index (χ4n) is 6.20. The molecule has 2 fully saturated rings. The van der Waals surface area contributed by atoms with Crippen molar-refractivity contribution in [2.24, 2.45) is 5.92 Å². The molecule has 1 aromatic carbocycles. The molecule has 37 heavy (non-hydrogen) atoms. The Morgan fingerprint density at radius 3 is 2.70 bits per heavy atom. The predicted octanol–water partition coefficient (Wildman–Crippen LogP) is 4.74. The second-order valence-corrected chi connectivity index (χ2v) is 10.5. The minimum atomic E-state index is -1.74. The van der Waals surface area contributed by atoms with Crippen molar-refractivity contribution in [3.05, 3.63) is 75.2 Å². The molecule has 0 saturated heterocycles. The van der Waals surface area contributed by atoms with E-state index in [1.54, 1.807) is 25.1 Å². The van der Waals surface area contributed by atoms with Crippen LogP contribution in [-0.4, -0.2) is 40.9 Å². The van der Waals surface area contributed by atoms with E-state index in [4.69, 9.17) is 0 Å². The summed E-state index contributed by atoms with van der Waals surface area (Å²) in [6, 6.07) is 6.03. The van der Waals surface area contributed by atoms with Crippen LogP contribution in [0.1, 0.15) is 42.5 Å². The van der Waals surface area contributed by atoms with Crippen LogP contribution in [0.2, 0.25) is 0 Å².